The number of fused-ring (bicyclic) bond motifs is 1. The molecule has 2 saturated carbocycles. The summed E-state index contributed by atoms with van der Waals surface area (Å²) in [5, 5.41) is 9.99. The van der Waals surface area contributed by atoms with Crippen LogP contribution in [0.5, 0.6) is 0 Å². The molecule has 3 atom stereocenters. The average Bonchev–Trinajstić information content (AvgIpc) is 3.48. The molecule has 0 radical (unpaired) electrons. The molecular weight excluding hydrogens is 388 g/mol. The maximum absolute atomic E-state index is 12.9. The summed E-state index contributed by atoms with van der Waals surface area (Å²) in [7, 11) is 0. The van der Waals surface area contributed by atoms with Gasteiger partial charge in [-0.15, -0.1) is 0 Å². The highest BCUT2D eigenvalue weighted by atomic mass is 16.3. The third kappa shape index (κ3) is 3.87. The van der Waals surface area contributed by atoms with Crippen LogP contribution in [0.25, 0.3) is 0 Å². The van der Waals surface area contributed by atoms with E-state index >= 15 is 0 Å². The number of piperazine rings is 1. The minimum atomic E-state index is -0.198. The predicted octanol–water partition coefficient (Wildman–Crippen LogP) is 2.92. The van der Waals surface area contributed by atoms with Gasteiger partial charge in [-0.3, -0.25) is 9.59 Å². The van der Waals surface area contributed by atoms with Gasteiger partial charge in [0.25, 0.3) is 0 Å². The second kappa shape index (κ2) is 8.67. The molecule has 0 unspecified atom stereocenters. The van der Waals surface area contributed by atoms with Gasteiger partial charge in [0.1, 0.15) is 0 Å². The SMILES string of the molecule is O=C(C1CCCC1)N1CC(=O)N2[C@H](CO)[C@H](c3ccc(C#CC4CCCC4)cc3)[C@@H]2C1. The summed E-state index contributed by atoms with van der Waals surface area (Å²) in [6.45, 7) is 0.683. The van der Waals surface area contributed by atoms with Gasteiger partial charge in [0, 0.05) is 29.9 Å². The number of carbonyl (C=O) groups is 2. The Morgan fingerprint density at radius 1 is 1.03 bits per heavy atom. The van der Waals surface area contributed by atoms with Gasteiger partial charge in [-0.1, -0.05) is 49.7 Å². The van der Waals surface area contributed by atoms with E-state index in [1.54, 1.807) is 4.90 Å². The van der Waals surface area contributed by atoms with Crippen molar-refractivity contribution in [1.82, 2.24) is 9.80 Å². The van der Waals surface area contributed by atoms with Crippen molar-refractivity contribution >= 4 is 11.8 Å². The Morgan fingerprint density at radius 2 is 1.71 bits per heavy atom. The minimum absolute atomic E-state index is 0.0306. The Hall–Kier alpha value is -2.32. The number of carbonyl (C=O) groups excluding carboxylic acids is 2. The van der Waals surface area contributed by atoms with Gasteiger partial charge >= 0.3 is 0 Å². The lowest BCUT2D eigenvalue weighted by Crippen LogP contribution is -2.73. The van der Waals surface area contributed by atoms with Crippen LogP contribution < -0.4 is 0 Å². The summed E-state index contributed by atoms with van der Waals surface area (Å²) < 4.78 is 0. The molecule has 164 valence electrons. The molecule has 31 heavy (non-hydrogen) atoms. The predicted molar refractivity (Wildman–Crippen MR) is 118 cm³/mol. The molecule has 5 rings (SSSR count). The molecule has 0 spiro atoms. The number of aliphatic hydroxyl groups is 1. The third-order valence-electron chi connectivity index (χ3n) is 7.84. The summed E-state index contributed by atoms with van der Waals surface area (Å²) in [4.78, 5) is 29.3. The highest BCUT2D eigenvalue weighted by molar-refractivity contribution is 5.88. The van der Waals surface area contributed by atoms with Crippen molar-refractivity contribution in [3.05, 3.63) is 35.4 Å². The summed E-state index contributed by atoms with van der Waals surface area (Å²) >= 11 is 0. The number of hydrogen-bond donors (Lipinski definition) is 1. The van der Waals surface area contributed by atoms with Crippen molar-refractivity contribution in [3.8, 4) is 11.8 Å². The molecule has 4 fully saturated rings. The average molecular weight is 421 g/mol. The molecule has 1 N–H and O–H groups in total. The molecular formula is C26H32N2O3. The Kier molecular flexibility index (Phi) is 5.75. The van der Waals surface area contributed by atoms with Crippen LogP contribution in [-0.2, 0) is 9.59 Å². The fourth-order valence-electron chi connectivity index (χ4n) is 6.14. The van der Waals surface area contributed by atoms with Crippen LogP contribution in [0.4, 0.5) is 0 Å². The van der Waals surface area contributed by atoms with Gasteiger partial charge in [0.2, 0.25) is 11.8 Å². The molecule has 0 bridgehead atoms. The van der Waals surface area contributed by atoms with Crippen molar-refractivity contribution in [1.29, 1.82) is 0 Å². The largest absolute Gasteiger partial charge is 0.394 e. The van der Waals surface area contributed by atoms with Gasteiger partial charge in [-0.05, 0) is 43.4 Å². The zero-order chi connectivity index (χ0) is 21.4. The van der Waals surface area contributed by atoms with E-state index in [0.29, 0.717) is 12.5 Å². The molecule has 2 aliphatic heterocycles. The van der Waals surface area contributed by atoms with Crippen LogP contribution in [0.2, 0.25) is 0 Å². The smallest absolute Gasteiger partial charge is 0.242 e. The molecule has 5 heteroatoms. The first kappa shape index (κ1) is 20.6. The normalized spacial score (nSPS) is 28.8. The van der Waals surface area contributed by atoms with E-state index in [9.17, 15) is 14.7 Å². The summed E-state index contributed by atoms with van der Waals surface area (Å²) in [6, 6.07) is 8.05. The number of aliphatic hydroxyl groups excluding tert-OH is 1. The molecule has 4 aliphatic rings. The number of nitrogens with zero attached hydrogens (tertiary/aromatic N) is 2. The summed E-state index contributed by atoms with van der Waals surface area (Å²) in [5.74, 6) is 7.52. The molecule has 1 aromatic rings. The Bertz CT molecular complexity index is 887. The van der Waals surface area contributed by atoms with Crippen LogP contribution in [0.15, 0.2) is 24.3 Å². The summed E-state index contributed by atoms with van der Waals surface area (Å²) in [5.41, 5.74) is 2.14. The molecule has 1 aromatic carbocycles. The van der Waals surface area contributed by atoms with E-state index in [1.165, 1.54) is 25.7 Å². The van der Waals surface area contributed by atoms with Crippen molar-refractivity contribution in [2.75, 3.05) is 19.7 Å². The van der Waals surface area contributed by atoms with Gasteiger partial charge in [-0.2, -0.15) is 0 Å². The number of rotatable bonds is 3. The fourth-order valence-corrected chi connectivity index (χ4v) is 6.14. The van der Waals surface area contributed by atoms with Gasteiger partial charge in [0.15, 0.2) is 0 Å². The van der Waals surface area contributed by atoms with Gasteiger partial charge in [-0.25, -0.2) is 0 Å². The summed E-state index contributed by atoms with van der Waals surface area (Å²) in [6.07, 6.45) is 9.13. The van der Waals surface area contributed by atoms with E-state index < -0.39 is 0 Å². The second-order valence-corrected chi connectivity index (χ2v) is 9.72. The standard InChI is InChI=1S/C26H32N2O3/c29-17-23-25(20-13-11-19(12-14-20)10-9-18-5-1-2-6-18)22-15-27(16-24(30)28(22)23)26(31)21-7-3-4-8-21/h11-14,18,21-23,25,29H,1-8,15-17H2/t22-,23+,25+/m0/s1. The van der Waals surface area contributed by atoms with E-state index in [0.717, 1.165) is 36.8 Å². The minimum Gasteiger partial charge on any atom is -0.394 e. The van der Waals surface area contributed by atoms with E-state index in [1.807, 2.05) is 4.90 Å². The molecule has 5 nitrogen and oxygen atoms in total. The molecule has 2 amide bonds. The highest BCUT2D eigenvalue weighted by Gasteiger charge is 2.54. The topological polar surface area (TPSA) is 60.9 Å². The Balaban J connectivity index is 1.31. The molecule has 2 saturated heterocycles. The number of amides is 2. The van der Waals surface area contributed by atoms with Crippen LogP contribution in [0.1, 0.15) is 68.4 Å². The Morgan fingerprint density at radius 3 is 2.39 bits per heavy atom. The quantitative estimate of drug-likeness (QED) is 0.765. The molecule has 0 aromatic heterocycles. The lowest BCUT2D eigenvalue weighted by Gasteiger charge is -2.59. The van der Waals surface area contributed by atoms with Crippen molar-refractivity contribution < 1.29 is 14.7 Å². The maximum atomic E-state index is 12.9. The van der Waals surface area contributed by atoms with Crippen LogP contribution >= 0.6 is 0 Å². The van der Waals surface area contributed by atoms with E-state index in [-0.39, 0.29) is 48.9 Å². The van der Waals surface area contributed by atoms with Crippen LogP contribution in [0.3, 0.4) is 0 Å². The van der Waals surface area contributed by atoms with Gasteiger partial charge < -0.3 is 14.9 Å². The number of benzene rings is 1. The Labute approximate surface area is 184 Å². The maximum Gasteiger partial charge on any atom is 0.242 e. The lowest BCUT2D eigenvalue weighted by molar-refractivity contribution is -0.168. The first-order valence-electron chi connectivity index (χ1n) is 12.0. The molecule has 2 heterocycles. The fraction of sp³-hybridized carbons (Fsp3) is 0.615. The van der Waals surface area contributed by atoms with Crippen LogP contribution in [-0.4, -0.2) is 58.5 Å². The van der Waals surface area contributed by atoms with E-state index in [2.05, 4.69) is 36.1 Å². The van der Waals surface area contributed by atoms with Crippen LogP contribution in [0, 0.1) is 23.7 Å². The van der Waals surface area contributed by atoms with Crippen molar-refractivity contribution in [2.24, 2.45) is 11.8 Å². The van der Waals surface area contributed by atoms with Crippen molar-refractivity contribution in [3.63, 3.8) is 0 Å². The number of hydrogen-bond acceptors (Lipinski definition) is 3. The zero-order valence-electron chi connectivity index (χ0n) is 18.1. The lowest BCUT2D eigenvalue weighted by atomic mass is 9.73. The second-order valence-electron chi connectivity index (χ2n) is 9.72. The first-order valence-corrected chi connectivity index (χ1v) is 12.0. The third-order valence-corrected chi connectivity index (χ3v) is 7.84. The highest BCUT2D eigenvalue weighted by Crippen LogP contribution is 2.43. The molecule has 2 aliphatic carbocycles. The van der Waals surface area contributed by atoms with Crippen molar-refractivity contribution in [2.45, 2.75) is 69.4 Å². The first-order chi connectivity index (χ1) is 15.2. The zero-order valence-corrected chi connectivity index (χ0v) is 18.1. The van der Waals surface area contributed by atoms with Gasteiger partial charge in [0.05, 0.1) is 25.2 Å². The monoisotopic (exact) mass is 420 g/mol. The van der Waals surface area contributed by atoms with E-state index in [4.69, 9.17) is 0 Å².